The Morgan fingerprint density at radius 2 is 0.915 bits per heavy atom. The number of anilines is 2. The summed E-state index contributed by atoms with van der Waals surface area (Å²) in [5.74, 6) is 0.387. The Morgan fingerprint density at radius 1 is 0.407 bits per heavy atom. The van der Waals surface area contributed by atoms with Crippen molar-refractivity contribution < 1.29 is 0 Å². The fourth-order valence-corrected chi connectivity index (χ4v) is 8.93. The summed E-state index contributed by atoms with van der Waals surface area (Å²) >= 11 is 0. The quantitative estimate of drug-likeness (QED) is 0.142. The van der Waals surface area contributed by atoms with Crippen LogP contribution in [0.25, 0.3) is 61.9 Å². The predicted octanol–water partition coefficient (Wildman–Crippen LogP) is 14.0. The lowest BCUT2D eigenvalue weighted by atomic mass is 9.86. The first-order valence-corrected chi connectivity index (χ1v) is 20.8. The van der Waals surface area contributed by atoms with Crippen molar-refractivity contribution in [3.8, 4) is 44.5 Å². The molecule has 8 aromatic carbocycles. The van der Waals surface area contributed by atoms with Crippen LogP contribution in [0.3, 0.4) is 0 Å². The van der Waals surface area contributed by atoms with E-state index in [4.69, 9.17) is 0 Å². The minimum absolute atomic E-state index is 0.387. The molecule has 0 heterocycles. The van der Waals surface area contributed by atoms with Gasteiger partial charge in [-0.2, -0.15) is 0 Å². The van der Waals surface area contributed by atoms with E-state index in [2.05, 4.69) is 235 Å². The van der Waals surface area contributed by atoms with E-state index < -0.39 is 0 Å². The molecule has 0 aromatic heterocycles. The lowest BCUT2D eigenvalue weighted by Crippen LogP contribution is -2.35. The molecule has 0 saturated heterocycles. The second-order valence-corrected chi connectivity index (χ2v) is 15.5. The molecule has 0 aliphatic heterocycles. The minimum atomic E-state index is 0.387. The van der Waals surface area contributed by atoms with Gasteiger partial charge in [0.25, 0.3) is 0 Å². The zero-order valence-corrected chi connectivity index (χ0v) is 33.1. The van der Waals surface area contributed by atoms with Crippen LogP contribution in [0.15, 0.2) is 224 Å². The normalized spacial score (nSPS) is 14.5. The number of rotatable bonds is 9. The molecule has 2 aliphatic carbocycles. The van der Waals surface area contributed by atoms with Crippen molar-refractivity contribution >= 4 is 28.7 Å². The zero-order valence-electron chi connectivity index (χ0n) is 33.1. The smallest absolute Gasteiger partial charge is 0.0465 e. The monoisotopic (exact) mass is 755 g/mol. The lowest BCUT2D eigenvalue weighted by Gasteiger charge is -2.31. The maximum absolute atomic E-state index is 2.54. The van der Waals surface area contributed by atoms with E-state index in [0.717, 1.165) is 30.6 Å². The van der Waals surface area contributed by atoms with Crippen molar-refractivity contribution in [3.05, 3.63) is 246 Å². The van der Waals surface area contributed by atoms with Crippen LogP contribution in [-0.2, 0) is 0 Å². The maximum atomic E-state index is 2.54. The first-order chi connectivity index (χ1) is 29.3. The molecule has 8 aromatic rings. The first-order valence-electron chi connectivity index (χ1n) is 20.8. The summed E-state index contributed by atoms with van der Waals surface area (Å²) in [6.07, 6.45) is 12.4. The lowest BCUT2D eigenvalue weighted by molar-refractivity contribution is 0.857. The highest BCUT2D eigenvalue weighted by Gasteiger charge is 2.22. The molecule has 0 saturated carbocycles. The van der Waals surface area contributed by atoms with E-state index in [1.54, 1.807) is 0 Å². The summed E-state index contributed by atoms with van der Waals surface area (Å²) in [4.78, 5) is 2.54. The Bertz CT molecular complexity index is 2920. The molecule has 10 rings (SSSR count). The molecular formula is C58H45N. The molecule has 0 spiro atoms. The van der Waals surface area contributed by atoms with Gasteiger partial charge in [0.2, 0.25) is 0 Å². The Labute approximate surface area is 347 Å². The van der Waals surface area contributed by atoms with Gasteiger partial charge in [0.15, 0.2) is 0 Å². The summed E-state index contributed by atoms with van der Waals surface area (Å²) < 4.78 is 0. The van der Waals surface area contributed by atoms with Gasteiger partial charge in [-0.1, -0.05) is 206 Å². The topological polar surface area (TPSA) is 3.24 Å². The van der Waals surface area contributed by atoms with Gasteiger partial charge in [0.05, 0.1) is 0 Å². The van der Waals surface area contributed by atoms with E-state index in [1.165, 1.54) is 77.3 Å². The van der Waals surface area contributed by atoms with E-state index in [-0.39, 0.29) is 0 Å². The van der Waals surface area contributed by atoms with Gasteiger partial charge in [-0.3, -0.25) is 0 Å². The first kappa shape index (κ1) is 36.1. The van der Waals surface area contributed by atoms with Crippen molar-refractivity contribution in [3.63, 3.8) is 0 Å². The third kappa shape index (κ3) is 7.40. The molecule has 1 unspecified atom stereocenters. The molecule has 1 heteroatoms. The summed E-state index contributed by atoms with van der Waals surface area (Å²) in [5.41, 5.74) is 17.2. The van der Waals surface area contributed by atoms with Gasteiger partial charge in [-0.25, -0.2) is 0 Å². The molecule has 1 atom stereocenters. The van der Waals surface area contributed by atoms with Crippen LogP contribution in [-0.4, -0.2) is 0 Å². The maximum Gasteiger partial charge on any atom is 0.0465 e. The number of hydrogen-bond acceptors (Lipinski definition) is 1. The van der Waals surface area contributed by atoms with Gasteiger partial charge >= 0.3 is 0 Å². The Balaban J connectivity index is 1.13. The van der Waals surface area contributed by atoms with Crippen molar-refractivity contribution in [1.82, 2.24) is 0 Å². The predicted molar refractivity (Wildman–Crippen MR) is 250 cm³/mol. The van der Waals surface area contributed by atoms with E-state index in [0.29, 0.717) is 5.92 Å². The van der Waals surface area contributed by atoms with Crippen LogP contribution in [0.5, 0.6) is 0 Å². The molecule has 1 nitrogen and oxygen atoms in total. The van der Waals surface area contributed by atoms with E-state index >= 15 is 0 Å². The average molecular weight is 756 g/mol. The average Bonchev–Trinajstić information content (AvgIpc) is 3.33. The van der Waals surface area contributed by atoms with Crippen molar-refractivity contribution in [1.29, 1.82) is 0 Å². The Hall–Kier alpha value is -7.22. The van der Waals surface area contributed by atoms with Crippen molar-refractivity contribution in [2.45, 2.75) is 25.2 Å². The molecule has 0 radical (unpaired) electrons. The summed E-state index contributed by atoms with van der Waals surface area (Å²) in [6.45, 7) is 0. The van der Waals surface area contributed by atoms with Crippen LogP contribution in [0, 0.1) is 0 Å². The number of benzene rings is 8. The van der Waals surface area contributed by atoms with E-state index in [9.17, 15) is 0 Å². The van der Waals surface area contributed by atoms with Crippen LogP contribution in [0.2, 0.25) is 0 Å². The van der Waals surface area contributed by atoms with Gasteiger partial charge < -0.3 is 4.90 Å². The largest absolute Gasteiger partial charge is 0.314 e. The number of hydrogen-bond donors (Lipinski definition) is 0. The molecular weight excluding hydrogens is 711 g/mol. The van der Waals surface area contributed by atoms with Crippen molar-refractivity contribution in [2.24, 2.45) is 0 Å². The van der Waals surface area contributed by atoms with Crippen LogP contribution in [0.1, 0.15) is 36.3 Å². The summed E-state index contributed by atoms with van der Waals surface area (Å²) in [7, 11) is 0. The van der Waals surface area contributed by atoms with Gasteiger partial charge in [-0.15, -0.1) is 0 Å². The SMILES string of the molecule is C1=CC(c2ccccc2)CC=C1c1ccc(N(C2=c3ccccc3=CCC2)c2ccc(-c3ccc(-c4ccccc4)cc3)c(-c3ccccc3)c2)cc1-c1ccccc1. The number of nitrogens with zero attached hydrogens (tertiary/aromatic N) is 1. The number of allylic oxidation sites excluding steroid dienone is 4. The zero-order chi connectivity index (χ0) is 39.4. The second kappa shape index (κ2) is 16.3. The second-order valence-electron chi connectivity index (χ2n) is 15.5. The highest BCUT2D eigenvalue weighted by Crippen LogP contribution is 2.43. The Kier molecular flexibility index (Phi) is 10.0. The molecule has 0 amide bonds. The van der Waals surface area contributed by atoms with Crippen LogP contribution in [0.4, 0.5) is 11.4 Å². The standard InChI is InChI=1S/C58H45N/c1-5-16-42(17-6-1)44-28-32-49(33-29-44)53-38-36-51(40-56(53)47-20-9-3-10-21-47)59(58-27-15-25-46-24-13-14-26-55(46)58)52-37-39-54(57(41-52)48-22-11-4-12-23-48)50-34-30-45(31-35-50)43-18-7-2-8-19-43/h1-14,16-26,28-30,32-41,45H,15,27,31H2. The highest BCUT2D eigenvalue weighted by atomic mass is 15.1. The van der Waals surface area contributed by atoms with Crippen molar-refractivity contribution in [2.75, 3.05) is 4.90 Å². The molecule has 0 N–H and O–H groups in total. The fraction of sp³-hybridized carbons (Fsp3) is 0.0690. The molecule has 59 heavy (non-hydrogen) atoms. The molecule has 2 aliphatic rings. The summed E-state index contributed by atoms with van der Waals surface area (Å²) in [5, 5.41) is 2.58. The van der Waals surface area contributed by atoms with Gasteiger partial charge in [0.1, 0.15) is 0 Å². The fourth-order valence-electron chi connectivity index (χ4n) is 8.93. The molecule has 0 fully saturated rings. The summed E-state index contributed by atoms with van der Waals surface area (Å²) in [6, 6.07) is 75.3. The number of fused-ring (bicyclic) bond motifs is 1. The van der Waals surface area contributed by atoms with Gasteiger partial charge in [-0.05, 0) is 110 Å². The van der Waals surface area contributed by atoms with Crippen LogP contribution >= 0.6 is 0 Å². The highest BCUT2D eigenvalue weighted by molar-refractivity contribution is 5.93. The minimum Gasteiger partial charge on any atom is -0.314 e. The van der Waals surface area contributed by atoms with Crippen LogP contribution < -0.4 is 15.3 Å². The third-order valence-electron chi connectivity index (χ3n) is 11.9. The van der Waals surface area contributed by atoms with E-state index in [1.807, 2.05) is 0 Å². The molecule has 0 bridgehead atoms. The third-order valence-corrected chi connectivity index (χ3v) is 11.9. The van der Waals surface area contributed by atoms with Gasteiger partial charge in [0, 0.05) is 28.2 Å². The Morgan fingerprint density at radius 3 is 1.54 bits per heavy atom. The molecule has 282 valence electrons.